The van der Waals surface area contributed by atoms with E-state index in [2.05, 4.69) is 0 Å². The van der Waals surface area contributed by atoms with Crippen LogP contribution < -0.4 is 9.47 Å². The average Bonchev–Trinajstić information content (AvgIpc) is 2.34. The zero-order chi connectivity index (χ0) is 16.1. The molecule has 1 aromatic carbocycles. The lowest BCUT2D eigenvalue weighted by molar-refractivity contribution is 0.163. The zero-order valence-electron chi connectivity index (χ0n) is 12.9. The van der Waals surface area contributed by atoms with Crippen LogP contribution in [0.1, 0.15) is 27.7 Å². The molecule has 21 heavy (non-hydrogen) atoms. The molecular weight excluding hydrogens is 312 g/mol. The molecule has 0 amide bonds. The molecule has 0 aliphatic carbocycles. The minimum Gasteiger partial charge on any atom is -0.494 e. The van der Waals surface area contributed by atoms with Crippen molar-refractivity contribution in [2.24, 2.45) is 11.3 Å². The molecule has 1 atom stereocenters. The summed E-state index contributed by atoms with van der Waals surface area (Å²) in [6, 6.07) is 7.26. The van der Waals surface area contributed by atoms with Crippen molar-refractivity contribution in [3.05, 3.63) is 24.3 Å². The summed E-state index contributed by atoms with van der Waals surface area (Å²) in [6.07, 6.45) is 0. The molecule has 4 nitrogen and oxygen atoms in total. The van der Waals surface area contributed by atoms with E-state index >= 15 is 0 Å². The summed E-state index contributed by atoms with van der Waals surface area (Å²) >= 11 is 0. The van der Waals surface area contributed by atoms with E-state index in [-0.39, 0.29) is 17.1 Å². The van der Waals surface area contributed by atoms with Gasteiger partial charge in [-0.2, -0.15) is 0 Å². The quantitative estimate of drug-likeness (QED) is 0.713. The first-order chi connectivity index (χ1) is 9.62. The van der Waals surface area contributed by atoms with E-state index in [4.69, 9.17) is 20.2 Å². The van der Waals surface area contributed by atoms with Crippen LogP contribution in [0.15, 0.2) is 24.3 Å². The van der Waals surface area contributed by atoms with E-state index in [0.717, 1.165) is 5.75 Å². The van der Waals surface area contributed by atoms with Crippen LogP contribution >= 0.6 is 10.7 Å². The van der Waals surface area contributed by atoms with Gasteiger partial charge in [0, 0.05) is 16.6 Å². The molecule has 0 aliphatic heterocycles. The van der Waals surface area contributed by atoms with Crippen LogP contribution in [0.4, 0.5) is 0 Å². The Morgan fingerprint density at radius 3 is 1.95 bits per heavy atom. The Bertz CT molecular complexity index is 532. The van der Waals surface area contributed by atoms with Crippen LogP contribution in [-0.4, -0.2) is 27.4 Å². The molecule has 1 rings (SSSR count). The van der Waals surface area contributed by atoms with Crippen molar-refractivity contribution in [3.8, 4) is 11.5 Å². The Morgan fingerprint density at radius 2 is 1.57 bits per heavy atom. The predicted molar refractivity (Wildman–Crippen MR) is 85.7 cm³/mol. The fourth-order valence-electron chi connectivity index (χ4n) is 1.78. The van der Waals surface area contributed by atoms with E-state index < -0.39 is 9.05 Å². The maximum absolute atomic E-state index is 11.3. The molecule has 120 valence electrons. The van der Waals surface area contributed by atoms with Crippen LogP contribution in [0.2, 0.25) is 0 Å². The first kappa shape index (κ1) is 18.1. The molecule has 0 saturated heterocycles. The lowest BCUT2D eigenvalue weighted by Gasteiger charge is -2.29. The molecule has 0 saturated carbocycles. The Morgan fingerprint density at radius 1 is 1.10 bits per heavy atom. The van der Waals surface area contributed by atoms with E-state index in [0.29, 0.717) is 19.0 Å². The number of hydrogen-bond acceptors (Lipinski definition) is 4. The fraction of sp³-hybridized carbons (Fsp3) is 0.600. The number of benzene rings is 1. The largest absolute Gasteiger partial charge is 0.494 e. The topological polar surface area (TPSA) is 52.6 Å². The van der Waals surface area contributed by atoms with Crippen LogP contribution in [0, 0.1) is 11.3 Å². The van der Waals surface area contributed by atoms with Gasteiger partial charge >= 0.3 is 0 Å². The molecule has 0 heterocycles. The van der Waals surface area contributed by atoms with Crippen LogP contribution in [0.5, 0.6) is 11.5 Å². The van der Waals surface area contributed by atoms with Gasteiger partial charge in [-0.25, -0.2) is 8.42 Å². The minimum absolute atomic E-state index is 0.102. The predicted octanol–water partition coefficient (Wildman–Crippen LogP) is 3.70. The highest BCUT2D eigenvalue weighted by Crippen LogP contribution is 2.29. The molecule has 1 unspecified atom stereocenters. The zero-order valence-corrected chi connectivity index (χ0v) is 14.5. The molecular formula is C15H23ClO4S. The summed E-state index contributed by atoms with van der Waals surface area (Å²) in [5.74, 6) is 1.17. The number of ether oxygens (including phenoxy) is 2. The molecule has 0 fully saturated rings. The second-order valence-electron chi connectivity index (χ2n) is 5.98. The number of halogens is 1. The normalized spacial score (nSPS) is 13.8. The van der Waals surface area contributed by atoms with Gasteiger partial charge in [0.15, 0.2) is 0 Å². The summed E-state index contributed by atoms with van der Waals surface area (Å²) in [5.41, 5.74) is -0.215. The van der Waals surface area contributed by atoms with Crippen molar-refractivity contribution in [1.82, 2.24) is 0 Å². The Kier molecular flexibility index (Phi) is 6.35. The van der Waals surface area contributed by atoms with Crippen molar-refractivity contribution in [1.29, 1.82) is 0 Å². The van der Waals surface area contributed by atoms with Gasteiger partial charge in [0.1, 0.15) is 11.5 Å². The molecule has 0 spiro atoms. The van der Waals surface area contributed by atoms with Crippen molar-refractivity contribution in [3.63, 3.8) is 0 Å². The van der Waals surface area contributed by atoms with Gasteiger partial charge in [-0.15, -0.1) is 0 Å². The number of hydrogen-bond donors (Lipinski definition) is 0. The first-order valence-electron chi connectivity index (χ1n) is 6.90. The molecule has 0 radical (unpaired) electrons. The average molecular weight is 335 g/mol. The molecule has 0 aromatic heterocycles. The summed E-state index contributed by atoms with van der Waals surface area (Å²) in [6.45, 7) is 8.75. The fourth-order valence-corrected chi connectivity index (χ4v) is 3.32. The van der Waals surface area contributed by atoms with Gasteiger partial charge in [-0.3, -0.25) is 0 Å². The van der Waals surface area contributed by atoms with E-state index in [1.807, 2.05) is 39.8 Å². The van der Waals surface area contributed by atoms with Gasteiger partial charge in [-0.1, -0.05) is 20.8 Å². The first-order valence-corrected chi connectivity index (χ1v) is 9.37. The second kappa shape index (κ2) is 7.36. The van der Waals surface area contributed by atoms with Crippen molar-refractivity contribution < 1.29 is 17.9 Å². The van der Waals surface area contributed by atoms with E-state index in [9.17, 15) is 8.42 Å². The highest BCUT2D eigenvalue weighted by Gasteiger charge is 2.29. The summed E-state index contributed by atoms with van der Waals surface area (Å²) in [7, 11) is 1.82. The monoisotopic (exact) mass is 334 g/mol. The smallest absolute Gasteiger partial charge is 0.233 e. The van der Waals surface area contributed by atoms with Crippen molar-refractivity contribution in [2.45, 2.75) is 27.7 Å². The second-order valence-corrected chi connectivity index (χ2v) is 8.81. The third kappa shape index (κ3) is 7.05. The maximum atomic E-state index is 11.3. The number of rotatable bonds is 7. The summed E-state index contributed by atoms with van der Waals surface area (Å²) in [5, 5.41) is 0. The maximum Gasteiger partial charge on any atom is 0.233 e. The third-order valence-electron chi connectivity index (χ3n) is 3.21. The Hall–Kier alpha value is -0.940. The molecule has 0 N–H and O–H groups in total. The molecule has 1 aromatic rings. The van der Waals surface area contributed by atoms with Crippen molar-refractivity contribution >= 4 is 19.7 Å². The highest BCUT2D eigenvalue weighted by atomic mass is 35.7. The van der Waals surface area contributed by atoms with E-state index in [1.54, 1.807) is 12.1 Å². The standard InChI is InChI=1S/C15H23ClO4S/c1-5-19-13-6-8-14(9-7-13)20-10-12(15(2,3)4)11-21(16,17)18/h6-9,12H,5,10-11H2,1-4H3. The minimum atomic E-state index is -3.55. The molecule has 0 aliphatic rings. The van der Waals surface area contributed by atoms with Gasteiger partial charge in [0.25, 0.3) is 0 Å². The van der Waals surface area contributed by atoms with Crippen molar-refractivity contribution in [2.75, 3.05) is 19.0 Å². The summed E-state index contributed by atoms with van der Waals surface area (Å²) < 4.78 is 33.7. The van der Waals surface area contributed by atoms with Gasteiger partial charge in [-0.05, 0) is 36.6 Å². The molecule has 0 bridgehead atoms. The van der Waals surface area contributed by atoms with Gasteiger partial charge in [0.05, 0.1) is 19.0 Å². The van der Waals surface area contributed by atoms with Crippen LogP contribution in [-0.2, 0) is 9.05 Å². The Labute approximate surface area is 131 Å². The highest BCUT2D eigenvalue weighted by molar-refractivity contribution is 8.13. The molecule has 6 heteroatoms. The van der Waals surface area contributed by atoms with Crippen LogP contribution in [0.25, 0.3) is 0 Å². The SMILES string of the molecule is CCOc1ccc(OCC(CS(=O)(=O)Cl)C(C)(C)C)cc1. The van der Waals surface area contributed by atoms with Gasteiger partial charge < -0.3 is 9.47 Å². The lowest BCUT2D eigenvalue weighted by atomic mass is 9.82. The Balaban J connectivity index is 2.68. The lowest BCUT2D eigenvalue weighted by Crippen LogP contribution is -2.31. The third-order valence-corrected chi connectivity index (χ3v) is 4.39. The summed E-state index contributed by atoms with van der Waals surface area (Å²) in [4.78, 5) is 0. The van der Waals surface area contributed by atoms with E-state index in [1.165, 1.54) is 0 Å². The van der Waals surface area contributed by atoms with Crippen LogP contribution in [0.3, 0.4) is 0 Å². The van der Waals surface area contributed by atoms with Gasteiger partial charge in [0.2, 0.25) is 9.05 Å².